The third-order valence-corrected chi connectivity index (χ3v) is 4.95. The van der Waals surface area contributed by atoms with Crippen LogP contribution in [0.15, 0.2) is 11.1 Å². The fourth-order valence-electron chi connectivity index (χ4n) is 2.99. The second kappa shape index (κ2) is 5.86. The van der Waals surface area contributed by atoms with Crippen molar-refractivity contribution in [2.45, 2.75) is 31.5 Å². The number of anilines is 1. The maximum Gasteiger partial charge on any atom is 0.472 e. The summed E-state index contributed by atoms with van der Waals surface area (Å²) in [5.74, 6) is -0.787. The third-order valence-electron chi connectivity index (χ3n) is 3.97. The van der Waals surface area contributed by atoms with Crippen molar-refractivity contribution < 1.29 is 32.8 Å². The Hall–Kier alpha value is -2.31. The summed E-state index contributed by atoms with van der Waals surface area (Å²) in [6.45, 7) is 0.935. The molecule has 4 rings (SSSR count). The van der Waals surface area contributed by atoms with Crippen molar-refractivity contribution in [2.24, 2.45) is 0 Å². The first-order valence-corrected chi connectivity index (χ1v) is 8.95. The van der Waals surface area contributed by atoms with E-state index in [-0.39, 0.29) is 23.7 Å². The lowest BCUT2D eigenvalue weighted by Crippen LogP contribution is -2.41. The Morgan fingerprint density at radius 1 is 1.58 bits per heavy atom. The molecule has 14 heteroatoms. The van der Waals surface area contributed by atoms with E-state index in [2.05, 4.69) is 15.0 Å². The van der Waals surface area contributed by atoms with Crippen LogP contribution in [0.25, 0.3) is 11.2 Å². The van der Waals surface area contributed by atoms with Gasteiger partial charge < -0.3 is 20.1 Å². The van der Waals surface area contributed by atoms with E-state index in [0.29, 0.717) is 0 Å². The molecule has 2 fully saturated rings. The van der Waals surface area contributed by atoms with Gasteiger partial charge in [0.25, 0.3) is 5.56 Å². The molecule has 0 amide bonds. The summed E-state index contributed by atoms with van der Waals surface area (Å²) in [6, 6.07) is 0. The summed E-state index contributed by atoms with van der Waals surface area (Å²) in [4.78, 5) is 43.3. The number of fused-ring (bicyclic) bond motifs is 2. The molecular formula is C12H14N5O8P. The number of nitrogens with one attached hydrogen (secondary N) is 1. The number of carbonyl (C=O) groups excluding carboxylic acids is 1. The van der Waals surface area contributed by atoms with E-state index < -0.39 is 43.9 Å². The Morgan fingerprint density at radius 3 is 3.08 bits per heavy atom. The van der Waals surface area contributed by atoms with Gasteiger partial charge in [-0.1, -0.05) is 0 Å². The van der Waals surface area contributed by atoms with Crippen LogP contribution in [0.4, 0.5) is 5.95 Å². The summed E-state index contributed by atoms with van der Waals surface area (Å²) in [5, 5.41) is 0. The Labute approximate surface area is 144 Å². The number of imidazole rings is 1. The molecule has 0 spiro atoms. The van der Waals surface area contributed by atoms with Crippen molar-refractivity contribution >= 4 is 30.9 Å². The van der Waals surface area contributed by atoms with Gasteiger partial charge in [-0.15, -0.1) is 0 Å². The van der Waals surface area contributed by atoms with Crippen LogP contribution >= 0.6 is 7.82 Å². The topological polar surface area (TPSA) is 181 Å². The quantitative estimate of drug-likeness (QED) is 0.427. The minimum absolute atomic E-state index is 0.00393. The number of hydrogen-bond acceptors (Lipinski definition) is 10. The highest BCUT2D eigenvalue weighted by Gasteiger charge is 2.55. The van der Waals surface area contributed by atoms with Crippen LogP contribution in [0.3, 0.4) is 0 Å². The minimum atomic E-state index is -4.29. The lowest BCUT2D eigenvalue weighted by molar-refractivity contribution is -0.155. The summed E-state index contributed by atoms with van der Waals surface area (Å²) in [7, 11) is -4.29. The Morgan fingerprint density at radius 2 is 2.35 bits per heavy atom. The first-order chi connectivity index (χ1) is 12.2. The highest BCUT2D eigenvalue weighted by molar-refractivity contribution is 7.47. The molecule has 2 aliphatic heterocycles. The van der Waals surface area contributed by atoms with Gasteiger partial charge in [-0.25, -0.2) is 9.55 Å². The van der Waals surface area contributed by atoms with Crippen molar-refractivity contribution in [1.29, 1.82) is 0 Å². The van der Waals surface area contributed by atoms with Crippen molar-refractivity contribution in [3.63, 3.8) is 0 Å². The Kier molecular flexibility index (Phi) is 3.86. The number of nitrogens with zero attached hydrogens (tertiary/aromatic N) is 3. The summed E-state index contributed by atoms with van der Waals surface area (Å²) < 4.78 is 33.9. The predicted molar refractivity (Wildman–Crippen MR) is 82.7 cm³/mol. The second-order valence-corrected chi connectivity index (χ2v) is 7.15. The predicted octanol–water partition coefficient (Wildman–Crippen LogP) is -0.953. The van der Waals surface area contributed by atoms with Gasteiger partial charge in [0, 0.05) is 6.92 Å². The number of ether oxygens (including phenoxy) is 2. The van der Waals surface area contributed by atoms with Gasteiger partial charge in [0.05, 0.1) is 12.9 Å². The number of aromatic nitrogens is 4. The highest BCUT2D eigenvalue weighted by Crippen LogP contribution is 2.53. The largest absolute Gasteiger partial charge is 0.472 e. The monoisotopic (exact) mass is 387 g/mol. The molecule has 0 aromatic carbocycles. The van der Waals surface area contributed by atoms with Crippen molar-refractivity contribution in [1.82, 2.24) is 19.5 Å². The van der Waals surface area contributed by atoms with E-state index in [1.807, 2.05) is 0 Å². The number of hydrogen-bond donors (Lipinski definition) is 3. The molecule has 0 bridgehead atoms. The van der Waals surface area contributed by atoms with Crippen LogP contribution in [0.5, 0.6) is 0 Å². The average molecular weight is 387 g/mol. The lowest BCUT2D eigenvalue weighted by Gasteiger charge is -2.29. The van der Waals surface area contributed by atoms with Crippen LogP contribution < -0.4 is 11.3 Å². The number of H-pyrrole nitrogens is 1. The zero-order chi connectivity index (χ0) is 18.6. The normalized spacial score (nSPS) is 33.9. The molecule has 5 unspecified atom stereocenters. The van der Waals surface area contributed by atoms with E-state index in [1.54, 1.807) is 0 Å². The molecule has 0 radical (unpaired) electrons. The number of phosphoric ester groups is 1. The molecule has 2 aromatic heterocycles. The van der Waals surface area contributed by atoms with Gasteiger partial charge in [-0.2, -0.15) is 4.98 Å². The van der Waals surface area contributed by atoms with Crippen LogP contribution in [-0.4, -0.2) is 55.3 Å². The zero-order valence-electron chi connectivity index (χ0n) is 13.3. The van der Waals surface area contributed by atoms with Crippen molar-refractivity contribution in [2.75, 3.05) is 12.3 Å². The second-order valence-electron chi connectivity index (χ2n) is 5.75. The maximum absolute atomic E-state index is 11.9. The van der Waals surface area contributed by atoms with Gasteiger partial charge in [0.1, 0.15) is 12.2 Å². The number of rotatable bonds is 2. The van der Waals surface area contributed by atoms with E-state index >= 15 is 0 Å². The van der Waals surface area contributed by atoms with Gasteiger partial charge in [-0.3, -0.25) is 28.2 Å². The van der Waals surface area contributed by atoms with E-state index in [4.69, 9.17) is 24.3 Å². The Balaban J connectivity index is 1.79. The van der Waals surface area contributed by atoms with Gasteiger partial charge in [0.15, 0.2) is 23.5 Å². The number of nitrogens with two attached hydrogens (primary N) is 1. The maximum atomic E-state index is 11.9. The van der Waals surface area contributed by atoms with Gasteiger partial charge >= 0.3 is 13.8 Å². The molecular weight excluding hydrogens is 373 g/mol. The lowest BCUT2D eigenvalue weighted by atomic mass is 10.1. The first kappa shape index (κ1) is 17.1. The number of carbonyl (C=O) groups is 1. The molecule has 4 N–H and O–H groups in total. The third kappa shape index (κ3) is 2.79. The fourth-order valence-corrected chi connectivity index (χ4v) is 3.95. The first-order valence-electron chi connectivity index (χ1n) is 7.46. The molecule has 2 saturated heterocycles. The zero-order valence-corrected chi connectivity index (χ0v) is 14.2. The van der Waals surface area contributed by atoms with Crippen LogP contribution in [0.2, 0.25) is 0 Å². The average Bonchev–Trinajstić information content (AvgIpc) is 3.08. The number of nitrogen functional groups attached to an aromatic ring is 1. The smallest absolute Gasteiger partial charge is 0.455 e. The van der Waals surface area contributed by atoms with E-state index in [1.165, 1.54) is 17.8 Å². The molecule has 5 atom stereocenters. The van der Waals surface area contributed by atoms with Crippen LogP contribution in [0, 0.1) is 0 Å². The molecule has 26 heavy (non-hydrogen) atoms. The Bertz CT molecular complexity index is 988. The molecule has 13 nitrogen and oxygen atoms in total. The van der Waals surface area contributed by atoms with Gasteiger partial charge in [-0.05, 0) is 0 Å². The molecule has 0 saturated carbocycles. The molecule has 0 aliphatic carbocycles. The van der Waals surface area contributed by atoms with Crippen molar-refractivity contribution in [3.05, 3.63) is 16.7 Å². The van der Waals surface area contributed by atoms with Crippen LogP contribution in [-0.2, 0) is 27.9 Å². The fraction of sp³-hybridized carbons (Fsp3) is 0.500. The van der Waals surface area contributed by atoms with Gasteiger partial charge in [0.2, 0.25) is 5.95 Å². The van der Waals surface area contributed by atoms with E-state index in [0.717, 1.165) is 0 Å². The molecule has 2 aliphatic rings. The highest BCUT2D eigenvalue weighted by atomic mass is 31.2. The molecule has 4 heterocycles. The summed E-state index contributed by atoms with van der Waals surface area (Å²) >= 11 is 0. The number of esters is 1. The summed E-state index contributed by atoms with van der Waals surface area (Å²) in [5.41, 5.74) is 5.12. The number of aromatic amines is 1. The molecule has 140 valence electrons. The van der Waals surface area contributed by atoms with Crippen LogP contribution in [0.1, 0.15) is 13.2 Å². The van der Waals surface area contributed by atoms with Crippen molar-refractivity contribution in [3.8, 4) is 0 Å². The number of phosphoric acid groups is 1. The minimum Gasteiger partial charge on any atom is -0.455 e. The SMILES string of the molecule is CC(=O)OC1C2OP(=O)(O)OCC2OC1n1cnc2c(=O)[nH]c(N)nc21. The van der Waals surface area contributed by atoms with E-state index in [9.17, 15) is 19.0 Å². The summed E-state index contributed by atoms with van der Waals surface area (Å²) in [6.07, 6.45) is -2.68. The molecule has 2 aromatic rings. The standard InChI is InChI=1S/C12H14N5O8P/c1-4(18)23-8-7-5(2-22-26(20,21)25-7)24-11(8)17-3-14-6-9(17)15-12(13)16-10(6)19/h3,5,7-8,11H,2H2,1H3,(H,20,21)(H3,13,15,16,19).